The van der Waals surface area contributed by atoms with Crippen molar-refractivity contribution in [2.75, 3.05) is 5.73 Å². The molecule has 9 heavy (non-hydrogen) atoms. The second kappa shape index (κ2) is 1.53. The lowest BCUT2D eigenvalue weighted by Gasteiger charge is -1.85. The first-order chi connectivity index (χ1) is 4.38. The fourth-order valence-electron chi connectivity index (χ4n) is 1.36. The van der Waals surface area contributed by atoms with Crippen LogP contribution in [0.15, 0.2) is 10.7 Å². The molecular weight excluding hydrogens is 114 g/mol. The van der Waals surface area contributed by atoms with E-state index in [1.165, 1.54) is 12.0 Å². The Morgan fingerprint density at radius 2 is 2.33 bits per heavy atom. The molecule has 1 aromatic rings. The van der Waals surface area contributed by atoms with Crippen molar-refractivity contribution in [1.29, 1.82) is 0 Å². The molecule has 2 rings (SSSR count). The molecule has 0 aromatic carbocycles. The molecule has 2 N–H and O–H groups in total. The summed E-state index contributed by atoms with van der Waals surface area (Å²) in [4.78, 5) is 0. The van der Waals surface area contributed by atoms with Gasteiger partial charge >= 0.3 is 0 Å². The molecule has 0 spiro atoms. The molecule has 1 aliphatic rings. The van der Waals surface area contributed by atoms with Crippen molar-refractivity contribution in [3.63, 3.8) is 0 Å². The molecule has 2 heteroatoms. The Morgan fingerprint density at radius 1 is 1.44 bits per heavy atom. The average Bonchev–Trinajstić information content (AvgIpc) is 2.35. The van der Waals surface area contributed by atoms with E-state index in [1.54, 1.807) is 6.26 Å². The summed E-state index contributed by atoms with van der Waals surface area (Å²) in [6.45, 7) is 0. The molecule has 0 atom stereocenters. The Balaban J connectivity index is 2.56. The maximum Gasteiger partial charge on any atom is 0.114 e. The van der Waals surface area contributed by atoms with Gasteiger partial charge in [0.25, 0.3) is 0 Å². The molecule has 48 valence electrons. The third kappa shape index (κ3) is 0.559. The Bertz CT molecular complexity index is 227. The monoisotopic (exact) mass is 123 g/mol. The average molecular weight is 123 g/mol. The third-order valence-corrected chi connectivity index (χ3v) is 1.84. The Labute approximate surface area is 53.7 Å². The summed E-state index contributed by atoms with van der Waals surface area (Å²) in [5.41, 5.74) is 7.68. The maximum absolute atomic E-state index is 5.60. The lowest BCUT2D eigenvalue weighted by Crippen LogP contribution is -1.85. The van der Waals surface area contributed by atoms with Gasteiger partial charge in [-0.2, -0.15) is 0 Å². The quantitative estimate of drug-likeness (QED) is 0.565. The molecule has 0 saturated carbocycles. The highest BCUT2D eigenvalue weighted by Crippen LogP contribution is 2.28. The maximum atomic E-state index is 5.60. The Kier molecular flexibility index (Phi) is 0.835. The smallest absolute Gasteiger partial charge is 0.114 e. The molecule has 0 amide bonds. The number of aryl methyl sites for hydroxylation is 1. The Morgan fingerprint density at radius 3 is 3.11 bits per heavy atom. The van der Waals surface area contributed by atoms with Crippen LogP contribution in [-0.2, 0) is 12.8 Å². The van der Waals surface area contributed by atoms with Crippen LogP contribution in [0.1, 0.15) is 17.7 Å². The highest BCUT2D eigenvalue weighted by molar-refractivity contribution is 5.48. The van der Waals surface area contributed by atoms with Gasteiger partial charge in [0.05, 0.1) is 5.69 Å². The van der Waals surface area contributed by atoms with Gasteiger partial charge in [-0.15, -0.1) is 0 Å². The molecule has 0 unspecified atom stereocenters. The minimum absolute atomic E-state index is 0.836. The molecule has 1 aliphatic carbocycles. The van der Waals surface area contributed by atoms with Gasteiger partial charge in [-0.3, -0.25) is 0 Å². The highest BCUT2D eigenvalue weighted by atomic mass is 16.3. The fraction of sp³-hybridized carbons (Fsp3) is 0.429. The van der Waals surface area contributed by atoms with Crippen LogP contribution in [0.3, 0.4) is 0 Å². The molecule has 0 aliphatic heterocycles. The van der Waals surface area contributed by atoms with Crippen LogP contribution in [0.25, 0.3) is 0 Å². The second-order valence-electron chi connectivity index (χ2n) is 2.45. The molecule has 1 aromatic heterocycles. The van der Waals surface area contributed by atoms with Crippen molar-refractivity contribution < 1.29 is 4.42 Å². The summed E-state index contributed by atoms with van der Waals surface area (Å²) < 4.78 is 5.18. The lowest BCUT2D eigenvalue weighted by molar-refractivity contribution is 0.516. The number of nitrogens with two attached hydrogens (primary N) is 1. The van der Waals surface area contributed by atoms with Crippen molar-refractivity contribution in [3.05, 3.63) is 17.6 Å². The van der Waals surface area contributed by atoms with E-state index in [0.717, 1.165) is 24.3 Å². The number of hydrogen-bond donors (Lipinski definition) is 1. The molecule has 1 heterocycles. The summed E-state index contributed by atoms with van der Waals surface area (Å²) in [7, 11) is 0. The molecule has 0 fully saturated rings. The molecule has 0 radical (unpaired) electrons. The van der Waals surface area contributed by atoms with Crippen molar-refractivity contribution in [2.24, 2.45) is 0 Å². The highest BCUT2D eigenvalue weighted by Gasteiger charge is 2.16. The zero-order valence-corrected chi connectivity index (χ0v) is 5.18. The predicted octanol–water partition coefficient (Wildman–Crippen LogP) is 1.35. The first kappa shape index (κ1) is 4.91. The van der Waals surface area contributed by atoms with Crippen molar-refractivity contribution in [2.45, 2.75) is 19.3 Å². The van der Waals surface area contributed by atoms with E-state index in [1.807, 2.05) is 0 Å². The van der Waals surface area contributed by atoms with Gasteiger partial charge < -0.3 is 10.2 Å². The van der Waals surface area contributed by atoms with Crippen molar-refractivity contribution >= 4 is 5.69 Å². The van der Waals surface area contributed by atoms with Crippen LogP contribution >= 0.6 is 0 Å². The molecule has 2 nitrogen and oxygen atoms in total. The van der Waals surface area contributed by atoms with Crippen molar-refractivity contribution in [1.82, 2.24) is 0 Å². The standard InChI is InChI=1S/C7H9NO/c8-6-4-9-7-3-1-2-5(6)7/h4H,1-3,8H2. The summed E-state index contributed by atoms with van der Waals surface area (Å²) in [5.74, 6) is 1.10. The van der Waals surface area contributed by atoms with E-state index in [9.17, 15) is 0 Å². The van der Waals surface area contributed by atoms with Gasteiger partial charge in [0.1, 0.15) is 12.0 Å². The normalized spacial score (nSPS) is 16.0. The van der Waals surface area contributed by atoms with E-state index in [4.69, 9.17) is 10.2 Å². The third-order valence-electron chi connectivity index (χ3n) is 1.84. The van der Waals surface area contributed by atoms with Gasteiger partial charge in [-0.1, -0.05) is 0 Å². The molecule has 0 saturated heterocycles. The van der Waals surface area contributed by atoms with Gasteiger partial charge in [0, 0.05) is 12.0 Å². The van der Waals surface area contributed by atoms with Crippen LogP contribution in [0, 0.1) is 0 Å². The summed E-state index contributed by atoms with van der Waals surface area (Å²) in [6.07, 6.45) is 5.03. The first-order valence-electron chi connectivity index (χ1n) is 3.22. The fourth-order valence-corrected chi connectivity index (χ4v) is 1.36. The van der Waals surface area contributed by atoms with Crippen LogP contribution in [0.2, 0.25) is 0 Å². The molecule has 0 bridgehead atoms. The van der Waals surface area contributed by atoms with E-state index in [-0.39, 0.29) is 0 Å². The zero-order chi connectivity index (χ0) is 6.27. The van der Waals surface area contributed by atoms with Gasteiger partial charge in [-0.05, 0) is 12.8 Å². The van der Waals surface area contributed by atoms with Crippen LogP contribution in [-0.4, -0.2) is 0 Å². The van der Waals surface area contributed by atoms with E-state index in [2.05, 4.69) is 0 Å². The number of rotatable bonds is 0. The summed E-state index contributed by atoms with van der Waals surface area (Å²) >= 11 is 0. The molecular formula is C7H9NO. The van der Waals surface area contributed by atoms with Gasteiger partial charge in [0.2, 0.25) is 0 Å². The number of fused-ring (bicyclic) bond motifs is 1. The van der Waals surface area contributed by atoms with Gasteiger partial charge in [-0.25, -0.2) is 0 Å². The van der Waals surface area contributed by atoms with Gasteiger partial charge in [0.15, 0.2) is 0 Å². The Hall–Kier alpha value is -0.920. The van der Waals surface area contributed by atoms with E-state index < -0.39 is 0 Å². The zero-order valence-electron chi connectivity index (χ0n) is 5.18. The lowest BCUT2D eigenvalue weighted by atomic mass is 10.2. The summed E-state index contributed by atoms with van der Waals surface area (Å²) in [6, 6.07) is 0. The predicted molar refractivity (Wildman–Crippen MR) is 35.1 cm³/mol. The van der Waals surface area contributed by atoms with Crippen molar-refractivity contribution in [3.8, 4) is 0 Å². The first-order valence-corrected chi connectivity index (χ1v) is 3.22. The minimum Gasteiger partial charge on any atom is -0.467 e. The summed E-state index contributed by atoms with van der Waals surface area (Å²) in [5, 5.41) is 0. The van der Waals surface area contributed by atoms with Crippen LogP contribution < -0.4 is 5.73 Å². The van der Waals surface area contributed by atoms with Crippen LogP contribution in [0.5, 0.6) is 0 Å². The van der Waals surface area contributed by atoms with E-state index in [0.29, 0.717) is 0 Å². The number of furan rings is 1. The van der Waals surface area contributed by atoms with E-state index >= 15 is 0 Å². The van der Waals surface area contributed by atoms with Crippen LogP contribution in [0.4, 0.5) is 5.69 Å². The largest absolute Gasteiger partial charge is 0.467 e. The minimum atomic E-state index is 0.836. The number of hydrogen-bond acceptors (Lipinski definition) is 2. The number of anilines is 1. The SMILES string of the molecule is Nc1coc2c1CCC2. The second-order valence-corrected chi connectivity index (χ2v) is 2.45. The number of nitrogen functional groups attached to an aromatic ring is 1. The topological polar surface area (TPSA) is 39.2 Å².